The second-order valence-electron chi connectivity index (χ2n) is 8.12. The zero-order valence-corrected chi connectivity index (χ0v) is 19.6. The van der Waals surface area contributed by atoms with Gasteiger partial charge in [-0.15, -0.1) is 0 Å². The van der Waals surface area contributed by atoms with E-state index in [-0.39, 0.29) is 12.5 Å². The number of hydrogen-bond donors (Lipinski definition) is 4. The average molecular weight is 491 g/mol. The van der Waals surface area contributed by atoms with Gasteiger partial charge < -0.3 is 20.2 Å². The number of hydrogen-bond acceptors (Lipinski definition) is 8. The number of carbonyl (C=O) groups excluding carboxylic acids is 1. The number of allylic oxidation sites excluding steroid dienone is 2. The van der Waals surface area contributed by atoms with Crippen molar-refractivity contribution in [2.75, 3.05) is 10.6 Å². The second kappa shape index (κ2) is 9.73. The van der Waals surface area contributed by atoms with Crippen molar-refractivity contribution in [1.82, 2.24) is 15.3 Å². The van der Waals surface area contributed by atoms with Gasteiger partial charge in [-0.2, -0.15) is 4.98 Å². The third kappa shape index (κ3) is 4.82. The van der Waals surface area contributed by atoms with Gasteiger partial charge in [0.1, 0.15) is 23.3 Å². The lowest BCUT2D eigenvalue weighted by Crippen LogP contribution is -2.37. The number of pyridine rings is 1. The van der Waals surface area contributed by atoms with E-state index >= 15 is 0 Å². The van der Waals surface area contributed by atoms with Crippen LogP contribution in [0.1, 0.15) is 42.0 Å². The SMILES string of the molecule is CC1=C(C(=O)Nc2cc(CO)ccn2)C(c2ccccc2Cl)N=C(Nc2nc3c(o2)CCC=C3)N1. The minimum absolute atomic E-state index is 0.156. The number of aliphatic hydroxyl groups is 1. The van der Waals surface area contributed by atoms with E-state index in [4.69, 9.17) is 21.0 Å². The molecule has 1 atom stereocenters. The second-order valence-corrected chi connectivity index (χ2v) is 8.53. The number of benzene rings is 1. The molecule has 3 heterocycles. The molecule has 178 valence electrons. The Balaban J connectivity index is 1.46. The third-order valence-corrected chi connectivity index (χ3v) is 6.05. The number of amides is 1. The summed E-state index contributed by atoms with van der Waals surface area (Å²) in [5.41, 5.74) is 3.07. The summed E-state index contributed by atoms with van der Waals surface area (Å²) in [5.74, 6) is 1.14. The molecular weight excluding hydrogens is 468 g/mol. The highest BCUT2D eigenvalue weighted by molar-refractivity contribution is 6.31. The molecule has 3 aromatic rings. The van der Waals surface area contributed by atoms with E-state index in [0.29, 0.717) is 45.2 Å². The van der Waals surface area contributed by atoms with Gasteiger partial charge in [-0.1, -0.05) is 35.9 Å². The molecule has 35 heavy (non-hydrogen) atoms. The van der Waals surface area contributed by atoms with Gasteiger partial charge in [-0.05, 0) is 43.2 Å². The highest BCUT2D eigenvalue weighted by Gasteiger charge is 2.31. The Hall–Kier alpha value is -3.95. The molecule has 10 heteroatoms. The van der Waals surface area contributed by atoms with E-state index in [1.807, 2.05) is 24.3 Å². The van der Waals surface area contributed by atoms with Gasteiger partial charge in [0.15, 0.2) is 0 Å². The largest absolute Gasteiger partial charge is 0.428 e. The number of nitrogens with zero attached hydrogens (tertiary/aromatic N) is 3. The Labute approximate surface area is 206 Å². The van der Waals surface area contributed by atoms with Crippen LogP contribution in [-0.2, 0) is 17.8 Å². The normalized spacial score (nSPS) is 16.9. The van der Waals surface area contributed by atoms with Crippen LogP contribution in [0, 0.1) is 0 Å². The number of aromatic nitrogens is 2. The summed E-state index contributed by atoms with van der Waals surface area (Å²) in [6.07, 6.45) is 7.21. The molecule has 5 rings (SSSR count). The van der Waals surface area contributed by atoms with Crippen LogP contribution < -0.4 is 16.0 Å². The van der Waals surface area contributed by atoms with Gasteiger partial charge in [-0.3, -0.25) is 10.1 Å². The Morgan fingerprint density at radius 3 is 2.97 bits per heavy atom. The standard InChI is InChI=1S/C25H23ClN6O3/c1-14-21(23(34)30-20-12-15(13-33)10-11-27-20)22(16-6-2-3-7-17(16)26)31-24(28-14)32-25-29-18-8-4-5-9-19(18)35-25/h2-4,6-8,10-12,22,33H,5,9,13H2,1H3,(H,27,30,34)(H2,28,29,31,32). The molecule has 4 N–H and O–H groups in total. The molecule has 1 amide bonds. The Morgan fingerprint density at radius 2 is 2.17 bits per heavy atom. The Bertz CT molecular complexity index is 1380. The Kier molecular flexibility index (Phi) is 6.35. The summed E-state index contributed by atoms with van der Waals surface area (Å²) in [4.78, 5) is 26.8. The highest BCUT2D eigenvalue weighted by atomic mass is 35.5. The molecule has 0 radical (unpaired) electrons. The third-order valence-electron chi connectivity index (χ3n) is 5.70. The van der Waals surface area contributed by atoms with Crippen molar-refractivity contribution in [2.24, 2.45) is 4.99 Å². The molecule has 2 aromatic heterocycles. The number of guanidine groups is 1. The van der Waals surface area contributed by atoms with Gasteiger partial charge in [-0.25, -0.2) is 9.98 Å². The number of halogens is 1. The van der Waals surface area contributed by atoms with Gasteiger partial charge in [0.05, 0.1) is 12.2 Å². The van der Waals surface area contributed by atoms with Crippen molar-refractivity contribution in [3.8, 4) is 0 Å². The first-order valence-electron chi connectivity index (χ1n) is 11.1. The van der Waals surface area contributed by atoms with E-state index in [9.17, 15) is 9.90 Å². The maximum Gasteiger partial charge on any atom is 0.302 e. The quantitative estimate of drug-likeness (QED) is 0.422. The smallest absolute Gasteiger partial charge is 0.302 e. The molecule has 1 aliphatic heterocycles. The summed E-state index contributed by atoms with van der Waals surface area (Å²) in [6, 6.07) is 10.2. The van der Waals surface area contributed by atoms with E-state index in [2.05, 4.69) is 32.0 Å². The number of oxazole rings is 1. The fraction of sp³-hybridized carbons (Fsp3) is 0.200. The molecule has 0 saturated carbocycles. The van der Waals surface area contributed by atoms with Crippen LogP contribution in [0.2, 0.25) is 5.02 Å². The van der Waals surface area contributed by atoms with Crippen LogP contribution in [0.4, 0.5) is 11.8 Å². The lowest BCUT2D eigenvalue weighted by atomic mass is 9.95. The first kappa shape index (κ1) is 22.8. The zero-order valence-electron chi connectivity index (χ0n) is 18.9. The fourth-order valence-electron chi connectivity index (χ4n) is 4.02. The maximum absolute atomic E-state index is 13.4. The van der Waals surface area contributed by atoms with Crippen molar-refractivity contribution < 1.29 is 14.3 Å². The molecule has 9 nitrogen and oxygen atoms in total. The van der Waals surface area contributed by atoms with Gasteiger partial charge in [0.2, 0.25) is 5.96 Å². The molecule has 0 bridgehead atoms. The lowest BCUT2D eigenvalue weighted by molar-refractivity contribution is -0.113. The summed E-state index contributed by atoms with van der Waals surface area (Å²) < 4.78 is 5.84. The first-order chi connectivity index (χ1) is 17.0. The highest BCUT2D eigenvalue weighted by Crippen LogP contribution is 2.35. The molecule has 1 aromatic carbocycles. The minimum atomic E-state index is -0.696. The van der Waals surface area contributed by atoms with Crippen molar-refractivity contribution >= 4 is 41.4 Å². The molecule has 0 spiro atoms. The van der Waals surface area contributed by atoms with Crippen molar-refractivity contribution in [3.05, 3.63) is 87.5 Å². The summed E-state index contributed by atoms with van der Waals surface area (Å²) in [6.45, 7) is 1.63. The summed E-state index contributed by atoms with van der Waals surface area (Å²) in [7, 11) is 0. The Morgan fingerprint density at radius 1 is 1.31 bits per heavy atom. The van der Waals surface area contributed by atoms with E-state index < -0.39 is 6.04 Å². The molecule has 0 fully saturated rings. The van der Waals surface area contributed by atoms with Crippen molar-refractivity contribution in [3.63, 3.8) is 0 Å². The number of anilines is 2. The van der Waals surface area contributed by atoms with Crippen LogP contribution >= 0.6 is 11.6 Å². The average Bonchev–Trinajstić information content (AvgIpc) is 3.26. The molecule has 0 saturated heterocycles. The first-order valence-corrected chi connectivity index (χ1v) is 11.5. The molecule has 2 aliphatic rings. The monoisotopic (exact) mass is 490 g/mol. The summed E-state index contributed by atoms with van der Waals surface area (Å²) >= 11 is 6.51. The number of fused-ring (bicyclic) bond motifs is 1. The summed E-state index contributed by atoms with van der Waals surface area (Å²) in [5, 5.41) is 18.9. The van der Waals surface area contributed by atoms with E-state index in [1.54, 1.807) is 25.1 Å². The predicted octanol–water partition coefficient (Wildman–Crippen LogP) is 4.20. The predicted molar refractivity (Wildman–Crippen MR) is 134 cm³/mol. The van der Waals surface area contributed by atoms with Crippen LogP contribution in [-0.4, -0.2) is 26.9 Å². The zero-order chi connectivity index (χ0) is 24.4. The lowest BCUT2D eigenvalue weighted by Gasteiger charge is -2.27. The minimum Gasteiger partial charge on any atom is -0.428 e. The van der Waals surface area contributed by atoms with Gasteiger partial charge >= 0.3 is 6.01 Å². The van der Waals surface area contributed by atoms with Crippen LogP contribution in [0.15, 0.2) is 69.4 Å². The van der Waals surface area contributed by atoms with E-state index in [1.165, 1.54) is 6.20 Å². The van der Waals surface area contributed by atoms with Crippen LogP contribution in [0.3, 0.4) is 0 Å². The van der Waals surface area contributed by atoms with Gasteiger partial charge in [0.25, 0.3) is 5.91 Å². The van der Waals surface area contributed by atoms with Crippen molar-refractivity contribution in [2.45, 2.75) is 32.4 Å². The molecule has 1 aliphatic carbocycles. The fourth-order valence-corrected chi connectivity index (χ4v) is 4.26. The number of rotatable bonds is 5. The molecular formula is C25H23ClN6O3. The number of aliphatic hydroxyl groups excluding tert-OH is 1. The number of carbonyl (C=O) groups is 1. The maximum atomic E-state index is 13.4. The van der Waals surface area contributed by atoms with Crippen LogP contribution in [0.5, 0.6) is 0 Å². The number of aryl methyl sites for hydroxylation is 1. The van der Waals surface area contributed by atoms with Gasteiger partial charge in [0, 0.05) is 28.9 Å². The number of nitrogens with one attached hydrogen (secondary N) is 3. The number of aliphatic imine (C=N–C) groups is 1. The van der Waals surface area contributed by atoms with Crippen LogP contribution in [0.25, 0.3) is 6.08 Å². The topological polar surface area (TPSA) is 125 Å². The van der Waals surface area contributed by atoms with E-state index in [0.717, 1.165) is 24.3 Å². The van der Waals surface area contributed by atoms with Crippen molar-refractivity contribution in [1.29, 1.82) is 0 Å². The molecule has 1 unspecified atom stereocenters.